The van der Waals surface area contributed by atoms with Crippen molar-refractivity contribution in [3.63, 3.8) is 0 Å². The second-order valence-corrected chi connectivity index (χ2v) is 7.48. The van der Waals surface area contributed by atoms with E-state index in [4.69, 9.17) is 4.74 Å². The standard InChI is InChI=1S/C17H23N3O4S/c1-2-24-17(23)20-8-4-6-12(10-20)15(21)18-19-16(22)14-9-11-5-3-7-13(11)25-14/h9,12H,2-8,10H2,1H3,(H,18,21)(H,19,22). The van der Waals surface area contributed by atoms with Crippen LogP contribution in [0.25, 0.3) is 0 Å². The first-order chi connectivity index (χ1) is 12.1. The molecule has 0 spiro atoms. The smallest absolute Gasteiger partial charge is 0.409 e. The molecule has 136 valence electrons. The van der Waals surface area contributed by atoms with Crippen LogP contribution in [0.1, 0.15) is 46.3 Å². The molecule has 1 aliphatic heterocycles. The highest BCUT2D eigenvalue weighted by Crippen LogP contribution is 2.30. The Morgan fingerprint density at radius 3 is 2.88 bits per heavy atom. The molecule has 1 saturated heterocycles. The van der Waals surface area contributed by atoms with Gasteiger partial charge in [-0.3, -0.25) is 20.4 Å². The van der Waals surface area contributed by atoms with Crippen molar-refractivity contribution in [3.8, 4) is 0 Å². The number of amides is 3. The zero-order valence-electron chi connectivity index (χ0n) is 14.3. The van der Waals surface area contributed by atoms with Crippen LogP contribution in [0.4, 0.5) is 4.79 Å². The number of carbonyl (C=O) groups is 3. The fourth-order valence-corrected chi connectivity index (χ4v) is 4.44. The van der Waals surface area contributed by atoms with Gasteiger partial charge < -0.3 is 9.64 Å². The third-order valence-corrected chi connectivity index (χ3v) is 5.82. The number of hydrazine groups is 1. The summed E-state index contributed by atoms with van der Waals surface area (Å²) < 4.78 is 4.98. The van der Waals surface area contributed by atoms with Crippen molar-refractivity contribution in [2.45, 2.75) is 39.0 Å². The van der Waals surface area contributed by atoms with E-state index in [1.165, 1.54) is 21.8 Å². The second-order valence-electron chi connectivity index (χ2n) is 6.34. The average Bonchev–Trinajstić information content (AvgIpc) is 3.21. The van der Waals surface area contributed by atoms with Gasteiger partial charge in [0, 0.05) is 18.0 Å². The molecule has 0 radical (unpaired) electrons. The van der Waals surface area contributed by atoms with E-state index in [0.29, 0.717) is 31.0 Å². The molecule has 0 bridgehead atoms. The van der Waals surface area contributed by atoms with Crippen molar-refractivity contribution in [1.82, 2.24) is 15.8 Å². The summed E-state index contributed by atoms with van der Waals surface area (Å²) in [7, 11) is 0. The number of ether oxygens (including phenoxy) is 1. The number of hydrogen-bond donors (Lipinski definition) is 2. The van der Waals surface area contributed by atoms with Crippen molar-refractivity contribution >= 4 is 29.2 Å². The van der Waals surface area contributed by atoms with Gasteiger partial charge in [-0.05, 0) is 50.7 Å². The van der Waals surface area contributed by atoms with E-state index in [9.17, 15) is 14.4 Å². The summed E-state index contributed by atoms with van der Waals surface area (Å²) >= 11 is 1.49. The van der Waals surface area contributed by atoms with Gasteiger partial charge in [-0.15, -0.1) is 11.3 Å². The minimum absolute atomic E-state index is 0.272. The lowest BCUT2D eigenvalue weighted by molar-refractivity contribution is -0.127. The highest BCUT2D eigenvalue weighted by molar-refractivity contribution is 7.14. The molecule has 0 aromatic carbocycles. The zero-order chi connectivity index (χ0) is 17.8. The normalized spacial score (nSPS) is 19.2. The predicted molar refractivity (Wildman–Crippen MR) is 93.3 cm³/mol. The molecule has 7 nitrogen and oxygen atoms in total. The molecule has 2 aliphatic rings. The molecule has 2 N–H and O–H groups in total. The minimum atomic E-state index is -0.392. The second kappa shape index (κ2) is 7.86. The fraction of sp³-hybridized carbons (Fsp3) is 0.588. The quantitative estimate of drug-likeness (QED) is 0.801. The molecule has 2 heterocycles. The number of hydrogen-bond acceptors (Lipinski definition) is 5. The van der Waals surface area contributed by atoms with Crippen LogP contribution in [0.2, 0.25) is 0 Å². The highest BCUT2D eigenvalue weighted by Gasteiger charge is 2.29. The SMILES string of the molecule is CCOC(=O)N1CCCC(C(=O)NNC(=O)c2cc3c(s2)CCC3)C1. The Labute approximate surface area is 150 Å². The third-order valence-electron chi connectivity index (χ3n) is 4.59. The molecule has 8 heteroatoms. The summed E-state index contributed by atoms with van der Waals surface area (Å²) in [6, 6.07) is 1.91. The Morgan fingerprint density at radius 2 is 2.12 bits per heavy atom. The van der Waals surface area contributed by atoms with Crippen molar-refractivity contribution < 1.29 is 19.1 Å². The van der Waals surface area contributed by atoms with Crippen LogP contribution in [0.3, 0.4) is 0 Å². The maximum Gasteiger partial charge on any atom is 0.409 e. The molecular weight excluding hydrogens is 342 g/mol. The number of nitrogens with zero attached hydrogens (tertiary/aromatic N) is 1. The number of thiophene rings is 1. The van der Waals surface area contributed by atoms with Crippen molar-refractivity contribution in [3.05, 3.63) is 21.4 Å². The summed E-state index contributed by atoms with van der Waals surface area (Å²) in [6.45, 7) is 2.97. The third kappa shape index (κ3) is 4.12. The van der Waals surface area contributed by atoms with Gasteiger partial charge in [0.05, 0.1) is 17.4 Å². The Bertz CT molecular complexity index is 651. The monoisotopic (exact) mass is 365 g/mol. The average molecular weight is 365 g/mol. The van der Waals surface area contributed by atoms with E-state index >= 15 is 0 Å². The van der Waals surface area contributed by atoms with E-state index in [0.717, 1.165) is 25.7 Å². The highest BCUT2D eigenvalue weighted by atomic mass is 32.1. The van der Waals surface area contributed by atoms with E-state index in [2.05, 4.69) is 10.9 Å². The number of piperidine rings is 1. The summed E-state index contributed by atoms with van der Waals surface area (Å²) in [6.07, 6.45) is 4.24. The number of carbonyl (C=O) groups excluding carboxylic acids is 3. The van der Waals surface area contributed by atoms with Gasteiger partial charge in [0.2, 0.25) is 5.91 Å². The van der Waals surface area contributed by atoms with Gasteiger partial charge in [0.15, 0.2) is 0 Å². The molecule has 0 saturated carbocycles. The Balaban J connectivity index is 1.49. The molecule has 3 rings (SSSR count). The van der Waals surface area contributed by atoms with E-state index in [1.807, 2.05) is 6.07 Å². The predicted octanol–water partition coefficient (Wildman–Crippen LogP) is 1.87. The first-order valence-corrected chi connectivity index (χ1v) is 9.53. The lowest BCUT2D eigenvalue weighted by Crippen LogP contribution is -2.50. The lowest BCUT2D eigenvalue weighted by Gasteiger charge is -2.31. The zero-order valence-corrected chi connectivity index (χ0v) is 15.1. The molecule has 3 amide bonds. The van der Waals surface area contributed by atoms with Crippen molar-refractivity contribution in [2.24, 2.45) is 5.92 Å². The number of likely N-dealkylation sites (tertiary alicyclic amines) is 1. The maximum atomic E-state index is 12.3. The summed E-state index contributed by atoms with van der Waals surface area (Å²) in [4.78, 5) is 39.7. The first-order valence-electron chi connectivity index (χ1n) is 8.72. The van der Waals surface area contributed by atoms with Crippen LogP contribution in [-0.4, -0.2) is 42.5 Å². The minimum Gasteiger partial charge on any atom is -0.450 e. The van der Waals surface area contributed by atoms with Gasteiger partial charge in [-0.2, -0.15) is 0 Å². The maximum absolute atomic E-state index is 12.3. The number of aryl methyl sites for hydroxylation is 2. The van der Waals surface area contributed by atoms with Crippen molar-refractivity contribution in [2.75, 3.05) is 19.7 Å². The molecule has 1 atom stereocenters. The largest absolute Gasteiger partial charge is 0.450 e. The van der Waals surface area contributed by atoms with Crippen molar-refractivity contribution in [1.29, 1.82) is 0 Å². The van der Waals surface area contributed by atoms with E-state index in [1.54, 1.807) is 11.8 Å². The lowest BCUT2D eigenvalue weighted by atomic mass is 9.98. The van der Waals surface area contributed by atoms with Gasteiger partial charge >= 0.3 is 6.09 Å². The summed E-state index contributed by atoms with van der Waals surface area (Å²) in [5.74, 6) is -0.899. The molecule has 1 aromatic heterocycles. The Hall–Kier alpha value is -2.09. The van der Waals surface area contributed by atoms with E-state index < -0.39 is 6.09 Å². The number of rotatable bonds is 3. The van der Waals surface area contributed by atoms with Crippen LogP contribution in [0.5, 0.6) is 0 Å². The molecule has 1 aliphatic carbocycles. The Kier molecular flexibility index (Phi) is 5.57. The van der Waals surface area contributed by atoms with Gasteiger partial charge in [0.1, 0.15) is 0 Å². The molecule has 1 unspecified atom stereocenters. The molecular formula is C17H23N3O4S. The fourth-order valence-electron chi connectivity index (χ4n) is 3.29. The first kappa shape index (κ1) is 17.7. The van der Waals surface area contributed by atoms with Crippen LogP contribution >= 0.6 is 11.3 Å². The molecule has 25 heavy (non-hydrogen) atoms. The van der Waals surface area contributed by atoms with Crippen LogP contribution in [-0.2, 0) is 22.4 Å². The molecule has 1 fully saturated rings. The topological polar surface area (TPSA) is 87.7 Å². The summed E-state index contributed by atoms with van der Waals surface area (Å²) in [5, 5.41) is 0. The van der Waals surface area contributed by atoms with Crippen LogP contribution in [0.15, 0.2) is 6.07 Å². The van der Waals surface area contributed by atoms with Gasteiger partial charge in [-0.25, -0.2) is 4.79 Å². The van der Waals surface area contributed by atoms with Gasteiger partial charge in [0.25, 0.3) is 5.91 Å². The van der Waals surface area contributed by atoms with Crippen LogP contribution in [0, 0.1) is 5.92 Å². The summed E-state index contributed by atoms with van der Waals surface area (Å²) in [5.41, 5.74) is 6.24. The van der Waals surface area contributed by atoms with Gasteiger partial charge in [-0.1, -0.05) is 0 Å². The molecule has 1 aromatic rings. The Morgan fingerprint density at radius 1 is 1.28 bits per heavy atom. The number of fused-ring (bicyclic) bond motifs is 1. The number of nitrogens with one attached hydrogen (secondary N) is 2. The van der Waals surface area contributed by atoms with E-state index in [-0.39, 0.29) is 17.7 Å². The van der Waals surface area contributed by atoms with Crippen LogP contribution < -0.4 is 10.9 Å².